The smallest absolute Gasteiger partial charge is 0.253 e. The Morgan fingerprint density at radius 1 is 1.13 bits per heavy atom. The number of amides is 3. The average molecular weight is 653 g/mol. The molecule has 0 spiro atoms. The van der Waals surface area contributed by atoms with Crippen LogP contribution >= 0.6 is 0 Å². The molecule has 0 radical (unpaired) electrons. The minimum atomic E-state index is -0.609. The van der Waals surface area contributed by atoms with Crippen molar-refractivity contribution < 1.29 is 38.8 Å². The van der Waals surface area contributed by atoms with Crippen molar-refractivity contribution in [3.8, 4) is 0 Å². The van der Waals surface area contributed by atoms with Crippen LogP contribution in [0, 0.1) is 17.8 Å². The fourth-order valence-electron chi connectivity index (χ4n) is 6.66. The molecule has 3 aliphatic heterocycles. The van der Waals surface area contributed by atoms with Crippen LogP contribution in [0.5, 0.6) is 0 Å². The summed E-state index contributed by atoms with van der Waals surface area (Å²) in [5.74, 6) is -0.511. The van der Waals surface area contributed by atoms with E-state index in [1.54, 1.807) is 6.92 Å². The number of aryl methyl sites for hydroxylation is 1. The van der Waals surface area contributed by atoms with Gasteiger partial charge in [-0.2, -0.15) is 0 Å². The number of hydrogen-bond acceptors (Lipinski definition) is 8. The fraction of sp³-hybridized carbons (Fsp3) is 0.595. The minimum absolute atomic E-state index is 0.0233. The monoisotopic (exact) mass is 652 g/mol. The summed E-state index contributed by atoms with van der Waals surface area (Å²) in [5, 5.41) is 22.6. The van der Waals surface area contributed by atoms with E-state index in [2.05, 4.69) is 37.4 Å². The number of aliphatic hydroxyl groups excluding tert-OH is 2. The lowest BCUT2D eigenvalue weighted by molar-refractivity contribution is -0.205. The number of hydrogen-bond donors (Lipinski definition) is 3. The molecule has 3 N–H and O–H groups in total. The fourth-order valence-corrected chi connectivity index (χ4v) is 6.66. The number of carbonyl (C=O) groups excluding carboxylic acids is 3. The lowest BCUT2D eigenvalue weighted by Crippen LogP contribution is -2.37. The second-order valence-electron chi connectivity index (χ2n) is 13.6. The summed E-state index contributed by atoms with van der Waals surface area (Å²) in [6.07, 6.45) is 10.7. The molecule has 3 aliphatic rings. The number of nitrogens with one attached hydrogen (secondary N) is 1. The highest BCUT2D eigenvalue weighted by atomic mass is 16.7. The number of ether oxygens (including phenoxy) is 3. The van der Waals surface area contributed by atoms with Gasteiger partial charge in [0.2, 0.25) is 5.91 Å². The van der Waals surface area contributed by atoms with Crippen LogP contribution in [0.4, 0.5) is 0 Å². The van der Waals surface area contributed by atoms with Crippen LogP contribution in [0.15, 0.2) is 60.2 Å². The van der Waals surface area contributed by atoms with Gasteiger partial charge in [0, 0.05) is 44.2 Å². The van der Waals surface area contributed by atoms with Crippen LogP contribution in [0.25, 0.3) is 0 Å². The molecule has 3 amide bonds. The van der Waals surface area contributed by atoms with Gasteiger partial charge in [0.05, 0.1) is 36.9 Å². The van der Waals surface area contributed by atoms with E-state index in [9.17, 15) is 24.6 Å². The summed E-state index contributed by atoms with van der Waals surface area (Å²) < 4.78 is 17.9. The number of carbonyl (C=O) groups is 3. The highest BCUT2D eigenvalue weighted by Gasteiger charge is 2.56. The quantitative estimate of drug-likeness (QED) is 0.131. The maximum absolute atomic E-state index is 12.7. The van der Waals surface area contributed by atoms with Gasteiger partial charge in [-0.3, -0.25) is 19.3 Å². The Labute approximate surface area is 278 Å². The molecule has 0 bridgehead atoms. The summed E-state index contributed by atoms with van der Waals surface area (Å²) in [7, 11) is 0. The maximum Gasteiger partial charge on any atom is 0.253 e. The molecule has 2 saturated heterocycles. The number of rotatable bonds is 17. The number of imide groups is 1. The van der Waals surface area contributed by atoms with Gasteiger partial charge in [-0.1, -0.05) is 56.3 Å². The number of allylic oxidation sites excluding steroid dienone is 3. The molecule has 1 aromatic rings. The first-order valence-corrected chi connectivity index (χ1v) is 16.9. The lowest BCUT2D eigenvalue weighted by atomic mass is 9.81. The van der Waals surface area contributed by atoms with E-state index in [4.69, 9.17) is 14.2 Å². The van der Waals surface area contributed by atoms with Crippen molar-refractivity contribution in [1.82, 2.24) is 10.2 Å². The second-order valence-corrected chi connectivity index (χ2v) is 13.6. The van der Waals surface area contributed by atoms with Crippen molar-refractivity contribution >= 4 is 17.7 Å². The van der Waals surface area contributed by atoms with Gasteiger partial charge in [-0.05, 0) is 68.6 Å². The average Bonchev–Trinajstić information content (AvgIpc) is 3.60. The van der Waals surface area contributed by atoms with E-state index < -0.39 is 12.4 Å². The van der Waals surface area contributed by atoms with Crippen molar-refractivity contribution in [3.63, 3.8) is 0 Å². The topological polar surface area (TPSA) is 138 Å². The van der Waals surface area contributed by atoms with Crippen LogP contribution in [0.3, 0.4) is 0 Å². The summed E-state index contributed by atoms with van der Waals surface area (Å²) in [4.78, 5) is 37.3. The number of nitrogens with zero attached hydrogens (tertiary/aromatic N) is 1. The molecule has 8 atom stereocenters. The van der Waals surface area contributed by atoms with Crippen LogP contribution in [0.1, 0.15) is 71.4 Å². The highest BCUT2D eigenvalue weighted by Crippen LogP contribution is 2.48. The minimum Gasteiger partial charge on any atom is -0.396 e. The molecular weight excluding hydrogens is 600 g/mol. The summed E-state index contributed by atoms with van der Waals surface area (Å²) in [5.41, 5.74) is 2.88. The Balaban J connectivity index is 1.15. The predicted octanol–water partition coefficient (Wildman–Crippen LogP) is 3.99. The van der Waals surface area contributed by atoms with Gasteiger partial charge in [0.15, 0.2) is 6.29 Å². The normalized spacial score (nSPS) is 27.3. The Hall–Kier alpha value is -3.15. The van der Waals surface area contributed by atoms with Crippen molar-refractivity contribution in [2.45, 2.75) is 103 Å². The molecule has 10 nitrogen and oxygen atoms in total. The maximum atomic E-state index is 12.7. The first kappa shape index (κ1) is 36.7. The number of epoxide rings is 1. The van der Waals surface area contributed by atoms with Crippen molar-refractivity contribution in [1.29, 1.82) is 0 Å². The largest absolute Gasteiger partial charge is 0.396 e. The third kappa shape index (κ3) is 10.4. The molecule has 258 valence electrons. The van der Waals surface area contributed by atoms with Crippen LogP contribution in [0.2, 0.25) is 0 Å². The molecule has 10 heteroatoms. The molecule has 0 unspecified atom stereocenters. The molecule has 0 saturated carbocycles. The molecule has 3 heterocycles. The molecule has 0 aliphatic carbocycles. The van der Waals surface area contributed by atoms with Gasteiger partial charge in [0.1, 0.15) is 0 Å². The van der Waals surface area contributed by atoms with Gasteiger partial charge < -0.3 is 29.7 Å². The zero-order valence-electron chi connectivity index (χ0n) is 28.4. The van der Waals surface area contributed by atoms with Gasteiger partial charge in [-0.15, -0.1) is 0 Å². The third-order valence-corrected chi connectivity index (χ3v) is 9.57. The zero-order chi connectivity index (χ0) is 34.1. The Kier molecular flexibility index (Phi) is 13.1. The number of benzene rings is 1. The molecule has 2 fully saturated rings. The molecule has 4 rings (SSSR count). The standard InChI is InChI=1S/C37H52N2O8/c1-24(21-37(5)36(47-37)26(3)30(23-40)27(4)41)8-6-9-25(2)31-17-19-45-35(46-31)20-32(42)38-22-29-13-11-28(12-14-29)10-7-18-39-33(43)15-16-34(39)44/h6,8-9,11-16,24,26-27,30-31,35-36,40-41H,7,10,17-23H2,1-5H3,(H,38,42)/b8-6+,25-9+/t24-,26-,27-,30-,31+,35+,36-,37-/m1/s1. The molecule has 1 aromatic carbocycles. The van der Waals surface area contributed by atoms with Crippen LogP contribution in [-0.4, -0.2) is 82.8 Å². The van der Waals surface area contributed by atoms with Gasteiger partial charge >= 0.3 is 0 Å². The van der Waals surface area contributed by atoms with E-state index >= 15 is 0 Å². The third-order valence-electron chi connectivity index (χ3n) is 9.57. The van der Waals surface area contributed by atoms with E-state index in [-0.39, 0.29) is 66.3 Å². The predicted molar refractivity (Wildman–Crippen MR) is 178 cm³/mol. The van der Waals surface area contributed by atoms with E-state index in [0.29, 0.717) is 26.1 Å². The Morgan fingerprint density at radius 2 is 1.81 bits per heavy atom. The summed E-state index contributed by atoms with van der Waals surface area (Å²) >= 11 is 0. The Morgan fingerprint density at radius 3 is 2.47 bits per heavy atom. The Bertz CT molecular complexity index is 1300. The van der Waals surface area contributed by atoms with Crippen molar-refractivity contribution in [2.75, 3.05) is 19.8 Å². The lowest BCUT2D eigenvalue weighted by Gasteiger charge is -2.30. The van der Waals surface area contributed by atoms with E-state index in [1.165, 1.54) is 17.1 Å². The zero-order valence-corrected chi connectivity index (χ0v) is 28.4. The SMILES string of the molecule is C/C(=C\C=C\[C@@H](C)C[C@@]1(C)O[C@@H]1[C@H](C)[C@@H](CO)[C@@H](C)O)[C@@H]1CCO[C@H](CC(=O)NCc2ccc(CCCN3C(=O)C=CC3=O)cc2)O1. The van der Waals surface area contributed by atoms with Gasteiger partial charge in [-0.25, -0.2) is 0 Å². The van der Waals surface area contributed by atoms with Crippen molar-refractivity contribution in [2.24, 2.45) is 17.8 Å². The second kappa shape index (κ2) is 16.8. The van der Waals surface area contributed by atoms with Crippen LogP contribution in [-0.2, 0) is 41.6 Å². The van der Waals surface area contributed by atoms with Crippen LogP contribution < -0.4 is 5.32 Å². The molecule has 47 heavy (non-hydrogen) atoms. The molecule has 0 aromatic heterocycles. The summed E-state index contributed by atoms with van der Waals surface area (Å²) in [6, 6.07) is 7.94. The molecular formula is C37H52N2O8. The van der Waals surface area contributed by atoms with E-state index in [0.717, 1.165) is 36.0 Å². The first-order chi connectivity index (χ1) is 22.4. The first-order valence-electron chi connectivity index (χ1n) is 16.9. The van der Waals surface area contributed by atoms with Gasteiger partial charge in [0.25, 0.3) is 11.8 Å². The number of aliphatic hydroxyl groups is 2. The van der Waals surface area contributed by atoms with E-state index in [1.807, 2.05) is 38.1 Å². The van der Waals surface area contributed by atoms with Crippen molar-refractivity contribution in [3.05, 3.63) is 71.3 Å². The highest BCUT2D eigenvalue weighted by molar-refractivity contribution is 6.12. The summed E-state index contributed by atoms with van der Waals surface area (Å²) in [6.45, 7) is 11.3.